The van der Waals surface area contributed by atoms with Crippen molar-refractivity contribution in [2.24, 2.45) is 5.73 Å². The molecule has 20 heavy (non-hydrogen) atoms. The Kier molecular flexibility index (Phi) is 4.57. The lowest BCUT2D eigenvalue weighted by molar-refractivity contribution is 0.590. The lowest BCUT2D eigenvalue weighted by Gasteiger charge is -2.12. The Morgan fingerprint density at radius 3 is 2.40 bits per heavy atom. The van der Waals surface area contributed by atoms with E-state index < -0.39 is 11.6 Å². The summed E-state index contributed by atoms with van der Waals surface area (Å²) in [6.07, 6.45) is 0. The highest BCUT2D eigenvalue weighted by Gasteiger charge is 2.14. The minimum atomic E-state index is -0.792. The number of nitrogens with two attached hydrogens (primary N) is 1. The van der Waals surface area contributed by atoms with Gasteiger partial charge in [-0.3, -0.25) is 0 Å². The van der Waals surface area contributed by atoms with Crippen molar-refractivity contribution in [1.82, 2.24) is 0 Å². The first-order chi connectivity index (χ1) is 9.40. The van der Waals surface area contributed by atoms with Crippen molar-refractivity contribution in [2.75, 3.05) is 5.32 Å². The molecule has 0 fully saturated rings. The SMILES string of the molecule is NC(=S)c1cc(F)c(Nc2cccc(Cl)c2Br)c(F)c1. The molecule has 0 saturated carbocycles. The molecule has 3 N–H and O–H groups in total. The molecule has 7 heteroatoms. The molecule has 0 aliphatic heterocycles. The van der Waals surface area contributed by atoms with Crippen molar-refractivity contribution in [1.29, 1.82) is 0 Å². The van der Waals surface area contributed by atoms with Crippen molar-refractivity contribution in [3.8, 4) is 0 Å². The van der Waals surface area contributed by atoms with Gasteiger partial charge in [-0.05, 0) is 40.2 Å². The molecule has 0 amide bonds. The second-order valence-corrected chi connectivity index (χ2v) is 5.55. The van der Waals surface area contributed by atoms with E-state index in [4.69, 9.17) is 29.6 Å². The van der Waals surface area contributed by atoms with Gasteiger partial charge in [0.25, 0.3) is 0 Å². The van der Waals surface area contributed by atoms with Crippen molar-refractivity contribution >= 4 is 56.1 Å². The van der Waals surface area contributed by atoms with Gasteiger partial charge >= 0.3 is 0 Å². The van der Waals surface area contributed by atoms with Crippen molar-refractivity contribution < 1.29 is 8.78 Å². The van der Waals surface area contributed by atoms with E-state index in [2.05, 4.69) is 21.2 Å². The Hall–Kier alpha value is -1.24. The van der Waals surface area contributed by atoms with E-state index >= 15 is 0 Å². The fraction of sp³-hybridized carbons (Fsp3) is 0. The first-order valence-electron chi connectivity index (χ1n) is 5.40. The van der Waals surface area contributed by atoms with Crippen LogP contribution in [0.4, 0.5) is 20.2 Å². The zero-order valence-electron chi connectivity index (χ0n) is 9.88. The Morgan fingerprint density at radius 2 is 1.85 bits per heavy atom. The van der Waals surface area contributed by atoms with E-state index in [9.17, 15) is 8.78 Å². The highest BCUT2D eigenvalue weighted by atomic mass is 79.9. The number of rotatable bonds is 3. The monoisotopic (exact) mass is 376 g/mol. The topological polar surface area (TPSA) is 38.0 Å². The Morgan fingerprint density at radius 1 is 1.25 bits per heavy atom. The molecule has 0 bridgehead atoms. The normalized spacial score (nSPS) is 10.4. The predicted molar refractivity (Wildman–Crippen MR) is 84.7 cm³/mol. The fourth-order valence-corrected chi connectivity index (χ4v) is 2.23. The van der Waals surface area contributed by atoms with Crippen LogP contribution in [-0.2, 0) is 0 Å². The van der Waals surface area contributed by atoms with Gasteiger partial charge in [0.2, 0.25) is 0 Å². The van der Waals surface area contributed by atoms with Gasteiger partial charge in [-0.25, -0.2) is 8.78 Å². The molecule has 0 spiro atoms. The van der Waals surface area contributed by atoms with E-state index in [1.165, 1.54) is 0 Å². The predicted octanol–water partition coefficient (Wildman–Crippen LogP) is 4.76. The van der Waals surface area contributed by atoms with Crippen molar-refractivity contribution in [3.63, 3.8) is 0 Å². The van der Waals surface area contributed by atoms with Crippen LogP contribution in [0.2, 0.25) is 5.02 Å². The minimum absolute atomic E-state index is 0.0710. The number of hydrogen-bond donors (Lipinski definition) is 2. The summed E-state index contributed by atoms with van der Waals surface area (Å²) in [5.41, 5.74) is 5.63. The summed E-state index contributed by atoms with van der Waals surface area (Å²) in [4.78, 5) is -0.0710. The lowest BCUT2D eigenvalue weighted by Crippen LogP contribution is -2.11. The molecule has 0 radical (unpaired) electrons. The summed E-state index contributed by atoms with van der Waals surface area (Å²) in [6.45, 7) is 0. The van der Waals surface area contributed by atoms with Gasteiger partial charge in [0.1, 0.15) is 22.3 Å². The molecule has 2 rings (SSSR count). The molecule has 104 valence electrons. The summed E-state index contributed by atoms with van der Waals surface area (Å²) < 4.78 is 28.4. The van der Waals surface area contributed by atoms with E-state index in [-0.39, 0.29) is 16.2 Å². The van der Waals surface area contributed by atoms with Gasteiger partial charge in [0.05, 0.1) is 15.2 Å². The van der Waals surface area contributed by atoms with Crippen molar-refractivity contribution in [3.05, 3.63) is 57.0 Å². The summed E-state index contributed by atoms with van der Waals surface area (Å²) in [6, 6.07) is 7.10. The number of anilines is 2. The van der Waals surface area contributed by atoms with E-state index in [1.807, 2.05) is 0 Å². The Labute approximate surface area is 133 Å². The summed E-state index contributed by atoms with van der Waals surface area (Å²) in [7, 11) is 0. The average molecular weight is 378 g/mol. The highest BCUT2D eigenvalue weighted by Crippen LogP contribution is 2.33. The molecule has 0 aliphatic rings. The zero-order valence-corrected chi connectivity index (χ0v) is 13.0. The van der Waals surface area contributed by atoms with Crippen LogP contribution in [0.3, 0.4) is 0 Å². The summed E-state index contributed by atoms with van der Waals surface area (Å²) in [5, 5.41) is 3.08. The first kappa shape index (κ1) is 15.2. The third-order valence-electron chi connectivity index (χ3n) is 2.54. The fourth-order valence-electron chi connectivity index (χ4n) is 1.57. The maximum atomic E-state index is 13.9. The van der Waals surface area contributed by atoms with Crippen LogP contribution in [-0.4, -0.2) is 4.99 Å². The maximum absolute atomic E-state index is 13.9. The quantitative estimate of drug-likeness (QED) is 0.758. The molecule has 0 saturated heterocycles. The maximum Gasteiger partial charge on any atom is 0.150 e. The molecule has 0 aromatic heterocycles. The second-order valence-electron chi connectivity index (χ2n) is 3.91. The smallest absolute Gasteiger partial charge is 0.150 e. The zero-order chi connectivity index (χ0) is 14.9. The molecule has 0 unspecified atom stereocenters. The molecule has 0 atom stereocenters. The lowest BCUT2D eigenvalue weighted by atomic mass is 10.1. The molecule has 0 heterocycles. The summed E-state index contributed by atoms with van der Waals surface area (Å²) >= 11 is 13.9. The largest absolute Gasteiger partial charge is 0.389 e. The van der Waals surface area contributed by atoms with Crippen LogP contribution in [0.15, 0.2) is 34.8 Å². The third-order valence-corrected chi connectivity index (χ3v) is 4.17. The van der Waals surface area contributed by atoms with Gasteiger partial charge in [-0.2, -0.15) is 0 Å². The van der Waals surface area contributed by atoms with Gasteiger partial charge in [0, 0.05) is 5.56 Å². The average Bonchev–Trinajstić information content (AvgIpc) is 2.38. The first-order valence-corrected chi connectivity index (χ1v) is 6.98. The number of nitrogens with one attached hydrogen (secondary N) is 1. The Bertz CT molecular complexity index is 671. The molecule has 0 aliphatic carbocycles. The van der Waals surface area contributed by atoms with Crippen LogP contribution in [0.25, 0.3) is 0 Å². The van der Waals surface area contributed by atoms with Crippen LogP contribution in [0, 0.1) is 11.6 Å². The van der Waals surface area contributed by atoms with E-state index in [0.29, 0.717) is 15.2 Å². The minimum Gasteiger partial charge on any atom is -0.389 e. The van der Waals surface area contributed by atoms with Gasteiger partial charge in [-0.1, -0.05) is 29.9 Å². The molecular weight excluding hydrogens is 370 g/mol. The van der Waals surface area contributed by atoms with Gasteiger partial charge in [0.15, 0.2) is 0 Å². The van der Waals surface area contributed by atoms with E-state index in [0.717, 1.165) is 12.1 Å². The highest BCUT2D eigenvalue weighted by molar-refractivity contribution is 9.10. The molecule has 2 nitrogen and oxygen atoms in total. The van der Waals surface area contributed by atoms with Crippen molar-refractivity contribution in [2.45, 2.75) is 0 Å². The van der Waals surface area contributed by atoms with Gasteiger partial charge < -0.3 is 11.1 Å². The van der Waals surface area contributed by atoms with Crippen LogP contribution in [0.5, 0.6) is 0 Å². The second kappa shape index (κ2) is 6.03. The van der Waals surface area contributed by atoms with Gasteiger partial charge in [-0.15, -0.1) is 0 Å². The van der Waals surface area contributed by atoms with Crippen LogP contribution < -0.4 is 11.1 Å². The summed E-state index contributed by atoms with van der Waals surface area (Å²) in [5.74, 6) is -1.58. The van der Waals surface area contributed by atoms with E-state index in [1.54, 1.807) is 18.2 Å². The number of hydrogen-bond acceptors (Lipinski definition) is 2. The number of halogens is 4. The number of thiocarbonyl (C=S) groups is 1. The van der Waals surface area contributed by atoms with Crippen LogP contribution in [0.1, 0.15) is 5.56 Å². The molecule has 2 aromatic carbocycles. The third kappa shape index (κ3) is 3.08. The Balaban J connectivity index is 2.44. The standard InChI is InChI=1S/C13H8BrClF2N2S/c14-11-7(15)2-1-3-10(11)19-12-8(16)4-6(13(18)20)5-9(12)17/h1-5,19H,(H2,18,20). The molecular formula is C13H8BrClF2N2S. The van der Waals surface area contributed by atoms with Crippen LogP contribution >= 0.6 is 39.7 Å². The number of benzene rings is 2. The molecule has 2 aromatic rings.